The fraction of sp³-hybridized carbons (Fsp3) is 0.400. The summed E-state index contributed by atoms with van der Waals surface area (Å²) in [5, 5.41) is 19.9. The molecule has 0 spiro atoms. The van der Waals surface area contributed by atoms with E-state index >= 15 is 0 Å². The lowest BCUT2D eigenvalue weighted by molar-refractivity contribution is 0.0339. The van der Waals surface area contributed by atoms with Crippen LogP contribution in [0.25, 0.3) is 11.0 Å². The first-order valence-electron chi connectivity index (χ1n) is 6.96. The molecule has 0 unspecified atom stereocenters. The molecule has 0 atom stereocenters. The number of benzene rings is 1. The van der Waals surface area contributed by atoms with Crippen molar-refractivity contribution in [2.45, 2.75) is 13.5 Å². The first-order valence-corrected chi connectivity index (χ1v) is 7.33. The minimum atomic E-state index is -1.13. The molecule has 1 aliphatic rings. The molecule has 7 heteroatoms. The zero-order chi connectivity index (χ0) is 15.9. The number of morpholine rings is 1. The predicted molar refractivity (Wildman–Crippen MR) is 80.7 cm³/mol. The molecule has 0 radical (unpaired) electrons. The number of carboxylic acids is 1. The van der Waals surface area contributed by atoms with Crippen LogP contribution in [0.1, 0.15) is 21.7 Å². The molecule has 1 saturated heterocycles. The van der Waals surface area contributed by atoms with Gasteiger partial charge < -0.3 is 19.4 Å². The third kappa shape index (κ3) is 2.54. The molecule has 1 aliphatic heterocycles. The third-order valence-electron chi connectivity index (χ3n) is 3.86. The van der Waals surface area contributed by atoms with E-state index in [0.717, 1.165) is 13.1 Å². The Bertz CT molecular complexity index is 733. The van der Waals surface area contributed by atoms with Crippen LogP contribution in [0.2, 0.25) is 5.02 Å². The zero-order valence-corrected chi connectivity index (χ0v) is 12.8. The smallest absolute Gasteiger partial charge is 0.339 e. The van der Waals surface area contributed by atoms with Gasteiger partial charge in [-0.1, -0.05) is 11.6 Å². The zero-order valence-electron chi connectivity index (χ0n) is 12.1. The maximum absolute atomic E-state index is 11.3. The van der Waals surface area contributed by atoms with E-state index < -0.39 is 5.97 Å². The molecule has 1 aromatic carbocycles. The molecule has 0 bridgehead atoms. The number of carboxylic acid groups (broad SMARTS) is 1. The minimum absolute atomic E-state index is 0.00628. The number of hydrogen-bond acceptors (Lipinski definition) is 5. The average molecular weight is 326 g/mol. The Balaban J connectivity index is 2.06. The summed E-state index contributed by atoms with van der Waals surface area (Å²) in [7, 11) is 0. The van der Waals surface area contributed by atoms with E-state index in [1.54, 1.807) is 13.0 Å². The third-order valence-corrected chi connectivity index (χ3v) is 4.23. The number of halogens is 1. The molecule has 1 fully saturated rings. The van der Waals surface area contributed by atoms with E-state index in [4.69, 9.17) is 20.8 Å². The molecule has 6 nitrogen and oxygen atoms in total. The monoisotopic (exact) mass is 325 g/mol. The van der Waals surface area contributed by atoms with E-state index in [1.807, 2.05) is 0 Å². The van der Waals surface area contributed by atoms with E-state index in [-0.39, 0.29) is 27.5 Å². The molecule has 118 valence electrons. The number of aryl methyl sites for hydroxylation is 1. The number of aromatic carboxylic acids is 1. The number of carbonyl (C=O) groups is 1. The number of nitrogens with zero attached hydrogens (tertiary/aromatic N) is 1. The summed E-state index contributed by atoms with van der Waals surface area (Å²) in [4.78, 5) is 13.5. The van der Waals surface area contributed by atoms with Crippen molar-refractivity contribution < 1.29 is 24.2 Å². The fourth-order valence-corrected chi connectivity index (χ4v) is 3.06. The molecule has 2 aromatic rings. The van der Waals surface area contributed by atoms with Crippen LogP contribution in [0.15, 0.2) is 10.5 Å². The van der Waals surface area contributed by atoms with Gasteiger partial charge in [0, 0.05) is 25.2 Å². The van der Waals surface area contributed by atoms with Crippen molar-refractivity contribution in [3.63, 3.8) is 0 Å². The van der Waals surface area contributed by atoms with Crippen LogP contribution < -0.4 is 0 Å². The van der Waals surface area contributed by atoms with Crippen molar-refractivity contribution in [2.75, 3.05) is 26.3 Å². The number of furan rings is 1. The van der Waals surface area contributed by atoms with E-state index in [2.05, 4.69) is 4.90 Å². The molecule has 2 heterocycles. The van der Waals surface area contributed by atoms with Crippen molar-refractivity contribution in [1.82, 2.24) is 4.90 Å². The number of rotatable bonds is 3. The van der Waals surface area contributed by atoms with Gasteiger partial charge in [0.05, 0.1) is 23.6 Å². The molecule has 0 saturated carbocycles. The number of fused-ring (bicyclic) bond motifs is 1. The van der Waals surface area contributed by atoms with Gasteiger partial charge in [-0.25, -0.2) is 4.79 Å². The Hall–Kier alpha value is -1.76. The quantitative estimate of drug-likeness (QED) is 0.902. The summed E-state index contributed by atoms with van der Waals surface area (Å²) in [6, 6.07) is 1.66. The second-order valence-electron chi connectivity index (χ2n) is 5.30. The topological polar surface area (TPSA) is 83.1 Å². The van der Waals surface area contributed by atoms with Crippen molar-refractivity contribution in [3.8, 4) is 5.75 Å². The van der Waals surface area contributed by atoms with Gasteiger partial charge in [-0.3, -0.25) is 4.90 Å². The number of phenolic OH excluding ortho intramolecular Hbond substituents is 1. The van der Waals surface area contributed by atoms with Crippen molar-refractivity contribution in [3.05, 3.63) is 28.0 Å². The van der Waals surface area contributed by atoms with Crippen molar-refractivity contribution >= 4 is 28.5 Å². The van der Waals surface area contributed by atoms with E-state index in [9.17, 15) is 15.0 Å². The van der Waals surface area contributed by atoms with Crippen LogP contribution in [0.5, 0.6) is 5.75 Å². The number of aromatic hydroxyl groups is 1. The number of hydrogen-bond donors (Lipinski definition) is 2. The van der Waals surface area contributed by atoms with Gasteiger partial charge >= 0.3 is 5.97 Å². The summed E-state index contributed by atoms with van der Waals surface area (Å²) in [5.74, 6) is -0.949. The predicted octanol–water partition coefficient (Wildman–Crippen LogP) is 2.63. The van der Waals surface area contributed by atoms with Crippen molar-refractivity contribution in [2.24, 2.45) is 0 Å². The Labute approximate surface area is 131 Å². The lowest BCUT2D eigenvalue weighted by Crippen LogP contribution is -2.35. The highest BCUT2D eigenvalue weighted by Crippen LogP contribution is 2.40. The second kappa shape index (κ2) is 5.79. The lowest BCUT2D eigenvalue weighted by atomic mass is 10.1. The van der Waals surface area contributed by atoms with Gasteiger partial charge in [-0.15, -0.1) is 0 Å². The maximum atomic E-state index is 11.3. The van der Waals surface area contributed by atoms with Crippen LogP contribution in [0.3, 0.4) is 0 Å². The Morgan fingerprint density at radius 1 is 1.41 bits per heavy atom. The molecular formula is C15H16ClNO5. The van der Waals surface area contributed by atoms with E-state index in [0.29, 0.717) is 30.9 Å². The SMILES string of the molecule is Cc1oc2cc(CN3CCOCC3)c(O)c(Cl)c2c1C(=O)O. The van der Waals surface area contributed by atoms with Crippen LogP contribution >= 0.6 is 11.6 Å². The van der Waals surface area contributed by atoms with Crippen LogP contribution in [-0.2, 0) is 11.3 Å². The highest BCUT2D eigenvalue weighted by molar-refractivity contribution is 6.38. The molecule has 3 rings (SSSR count). The first kappa shape index (κ1) is 15.1. The lowest BCUT2D eigenvalue weighted by Gasteiger charge is -2.26. The Morgan fingerprint density at radius 3 is 2.73 bits per heavy atom. The highest BCUT2D eigenvalue weighted by Gasteiger charge is 2.24. The van der Waals surface area contributed by atoms with Gasteiger partial charge in [0.15, 0.2) is 0 Å². The Kier molecular flexibility index (Phi) is 3.99. The van der Waals surface area contributed by atoms with Crippen molar-refractivity contribution in [1.29, 1.82) is 0 Å². The van der Waals surface area contributed by atoms with Crippen LogP contribution in [0.4, 0.5) is 0 Å². The average Bonchev–Trinajstić information content (AvgIpc) is 2.82. The summed E-state index contributed by atoms with van der Waals surface area (Å²) >= 11 is 6.19. The first-order chi connectivity index (χ1) is 10.5. The standard InChI is InChI=1S/C15H16ClNO5/c1-8-11(15(19)20)12-10(22-8)6-9(14(18)13(12)16)7-17-2-4-21-5-3-17/h6,18H,2-5,7H2,1H3,(H,19,20). The number of ether oxygens (including phenoxy) is 1. The summed E-state index contributed by atoms with van der Waals surface area (Å²) in [6.45, 7) is 4.92. The molecule has 1 aromatic heterocycles. The molecular weight excluding hydrogens is 310 g/mol. The second-order valence-corrected chi connectivity index (χ2v) is 5.68. The molecule has 2 N–H and O–H groups in total. The van der Waals surface area contributed by atoms with Gasteiger partial charge in [0.25, 0.3) is 0 Å². The maximum Gasteiger partial charge on any atom is 0.339 e. The molecule has 0 amide bonds. The summed E-state index contributed by atoms with van der Waals surface area (Å²) in [6.07, 6.45) is 0. The molecule has 0 aliphatic carbocycles. The van der Waals surface area contributed by atoms with Crippen LogP contribution in [-0.4, -0.2) is 47.4 Å². The summed E-state index contributed by atoms with van der Waals surface area (Å²) in [5.41, 5.74) is 0.985. The van der Waals surface area contributed by atoms with Crippen LogP contribution in [0, 0.1) is 6.92 Å². The highest BCUT2D eigenvalue weighted by atomic mass is 35.5. The van der Waals surface area contributed by atoms with Gasteiger partial charge in [-0.2, -0.15) is 0 Å². The van der Waals surface area contributed by atoms with Gasteiger partial charge in [0.1, 0.15) is 22.7 Å². The normalized spacial score (nSPS) is 16.3. The minimum Gasteiger partial charge on any atom is -0.506 e. The Morgan fingerprint density at radius 2 is 2.09 bits per heavy atom. The van der Waals surface area contributed by atoms with Gasteiger partial charge in [-0.05, 0) is 13.0 Å². The number of phenols is 1. The van der Waals surface area contributed by atoms with Gasteiger partial charge in [0.2, 0.25) is 0 Å². The van der Waals surface area contributed by atoms with E-state index in [1.165, 1.54) is 0 Å². The largest absolute Gasteiger partial charge is 0.506 e. The summed E-state index contributed by atoms with van der Waals surface area (Å²) < 4.78 is 10.8. The fourth-order valence-electron chi connectivity index (χ4n) is 2.75. The molecule has 22 heavy (non-hydrogen) atoms.